The lowest BCUT2D eigenvalue weighted by Gasteiger charge is -2.22. The fourth-order valence-electron chi connectivity index (χ4n) is 3.53. The Bertz CT molecular complexity index is 979. The van der Waals surface area contributed by atoms with Crippen molar-refractivity contribution >= 4 is 33.3 Å². The fraction of sp³-hybridized carbons (Fsp3) is 0.524. The number of thiazole rings is 1. The Labute approximate surface area is 175 Å². The summed E-state index contributed by atoms with van der Waals surface area (Å²) in [5.74, 6) is 1.32. The van der Waals surface area contributed by atoms with Crippen LogP contribution in [0.25, 0.3) is 20.8 Å². The lowest BCUT2D eigenvalue weighted by atomic mass is 9.97. The maximum absolute atomic E-state index is 10.3. The van der Waals surface area contributed by atoms with Gasteiger partial charge in [-0.15, -0.1) is 11.3 Å². The van der Waals surface area contributed by atoms with Crippen LogP contribution in [-0.4, -0.2) is 43.7 Å². The lowest BCUT2D eigenvalue weighted by molar-refractivity contribution is 0.171. The smallest absolute Gasteiger partial charge is 0.224 e. The quantitative estimate of drug-likeness (QED) is 0.577. The predicted octanol–water partition coefficient (Wildman–Crippen LogP) is 4.24. The van der Waals surface area contributed by atoms with Crippen molar-refractivity contribution in [2.45, 2.75) is 59.1 Å². The van der Waals surface area contributed by atoms with Crippen LogP contribution in [0.2, 0.25) is 0 Å². The first kappa shape index (κ1) is 20.0. The van der Waals surface area contributed by atoms with Gasteiger partial charge in [-0.05, 0) is 37.7 Å². The second kappa shape index (κ2) is 7.84. The summed E-state index contributed by atoms with van der Waals surface area (Å²) < 4.78 is 1.08. The van der Waals surface area contributed by atoms with Crippen LogP contribution in [-0.2, 0) is 0 Å². The summed E-state index contributed by atoms with van der Waals surface area (Å²) >= 11 is 1.61. The first-order valence-electron chi connectivity index (χ1n) is 10.1. The SMILES string of the molecule is Cc1nc(NCC(C)(C)C)nc(N[C@@H]2CCC[C@H]2O)c1-c1nc2cnccc2s1. The first-order valence-corrected chi connectivity index (χ1v) is 10.9. The largest absolute Gasteiger partial charge is 0.391 e. The van der Waals surface area contributed by atoms with Gasteiger partial charge in [-0.2, -0.15) is 4.98 Å². The molecule has 0 saturated heterocycles. The highest BCUT2D eigenvalue weighted by molar-refractivity contribution is 7.21. The number of nitrogens with zero attached hydrogens (tertiary/aromatic N) is 4. The first-order chi connectivity index (χ1) is 13.8. The monoisotopic (exact) mass is 412 g/mol. The van der Waals surface area contributed by atoms with Crippen LogP contribution in [0.4, 0.5) is 11.8 Å². The van der Waals surface area contributed by atoms with Crippen molar-refractivity contribution in [1.82, 2.24) is 19.9 Å². The molecule has 1 aliphatic carbocycles. The maximum Gasteiger partial charge on any atom is 0.224 e. The summed E-state index contributed by atoms with van der Waals surface area (Å²) in [6.45, 7) is 9.27. The van der Waals surface area contributed by atoms with Gasteiger partial charge in [0.15, 0.2) is 0 Å². The maximum atomic E-state index is 10.3. The number of hydrogen-bond donors (Lipinski definition) is 3. The van der Waals surface area contributed by atoms with Crippen molar-refractivity contribution in [3.05, 3.63) is 24.2 Å². The van der Waals surface area contributed by atoms with Crippen molar-refractivity contribution in [3.63, 3.8) is 0 Å². The van der Waals surface area contributed by atoms with Gasteiger partial charge in [-0.25, -0.2) is 9.97 Å². The number of aryl methyl sites for hydroxylation is 1. The van der Waals surface area contributed by atoms with Crippen molar-refractivity contribution < 1.29 is 5.11 Å². The third-order valence-electron chi connectivity index (χ3n) is 5.07. The molecular weight excluding hydrogens is 384 g/mol. The van der Waals surface area contributed by atoms with Crippen LogP contribution >= 0.6 is 11.3 Å². The highest BCUT2D eigenvalue weighted by Crippen LogP contribution is 2.37. The van der Waals surface area contributed by atoms with Gasteiger partial charge >= 0.3 is 0 Å². The van der Waals surface area contributed by atoms with Gasteiger partial charge < -0.3 is 15.7 Å². The number of rotatable bonds is 5. The Kier molecular flexibility index (Phi) is 5.40. The van der Waals surface area contributed by atoms with Crippen LogP contribution in [0.1, 0.15) is 45.7 Å². The normalized spacial score (nSPS) is 19.6. The molecule has 0 unspecified atom stereocenters. The van der Waals surface area contributed by atoms with E-state index in [1.807, 2.05) is 13.0 Å². The summed E-state index contributed by atoms with van der Waals surface area (Å²) in [6, 6.07) is 1.97. The summed E-state index contributed by atoms with van der Waals surface area (Å²) in [5.41, 5.74) is 2.74. The Morgan fingerprint density at radius 2 is 2.03 bits per heavy atom. The molecule has 3 heterocycles. The van der Waals surface area contributed by atoms with Crippen LogP contribution in [0, 0.1) is 12.3 Å². The van der Waals surface area contributed by atoms with Gasteiger partial charge in [0.1, 0.15) is 16.3 Å². The zero-order valence-electron chi connectivity index (χ0n) is 17.4. The predicted molar refractivity (Wildman–Crippen MR) is 118 cm³/mol. The molecule has 3 N–H and O–H groups in total. The molecule has 1 fully saturated rings. The van der Waals surface area contributed by atoms with Crippen molar-refractivity contribution in [2.75, 3.05) is 17.2 Å². The molecule has 4 rings (SSSR count). The molecule has 0 aliphatic heterocycles. The minimum absolute atomic E-state index is 0.00504. The third kappa shape index (κ3) is 4.48. The van der Waals surface area contributed by atoms with Gasteiger partial charge in [0.05, 0.1) is 34.3 Å². The highest BCUT2D eigenvalue weighted by Gasteiger charge is 2.28. The van der Waals surface area contributed by atoms with E-state index in [4.69, 9.17) is 15.0 Å². The summed E-state index contributed by atoms with van der Waals surface area (Å²) in [6.07, 6.45) is 5.96. The van der Waals surface area contributed by atoms with E-state index in [0.717, 1.165) is 58.1 Å². The van der Waals surface area contributed by atoms with Crippen LogP contribution in [0.3, 0.4) is 0 Å². The molecule has 0 spiro atoms. The Morgan fingerprint density at radius 3 is 2.72 bits per heavy atom. The standard InChI is InChI=1S/C21H28N6OS/c1-12-17(19-26-14-10-22-9-8-16(14)29-19)18(25-13-6-5-7-15(13)28)27-20(24-12)23-11-21(2,3)4/h8-10,13,15,28H,5-7,11H2,1-4H3,(H2,23,24,25,27)/t13-,15-/m1/s1. The van der Waals surface area contributed by atoms with E-state index >= 15 is 0 Å². The number of anilines is 2. The average molecular weight is 413 g/mol. The fourth-order valence-corrected chi connectivity index (χ4v) is 4.56. The van der Waals surface area contributed by atoms with E-state index in [9.17, 15) is 5.11 Å². The molecule has 3 aromatic rings. The zero-order valence-corrected chi connectivity index (χ0v) is 18.2. The second-order valence-corrected chi connectivity index (χ2v) is 9.91. The molecule has 29 heavy (non-hydrogen) atoms. The number of aliphatic hydroxyl groups excluding tert-OH is 1. The molecule has 154 valence electrons. The molecule has 0 bridgehead atoms. The molecule has 1 aliphatic rings. The van der Waals surface area contributed by atoms with Crippen LogP contribution in [0.15, 0.2) is 18.5 Å². The molecule has 1 saturated carbocycles. The summed E-state index contributed by atoms with van der Waals surface area (Å²) in [7, 11) is 0. The molecule has 0 amide bonds. The van der Waals surface area contributed by atoms with Gasteiger partial charge in [-0.1, -0.05) is 20.8 Å². The summed E-state index contributed by atoms with van der Waals surface area (Å²) in [5, 5.41) is 18.0. The van der Waals surface area contributed by atoms with Gasteiger partial charge in [0.25, 0.3) is 0 Å². The van der Waals surface area contributed by atoms with Crippen molar-refractivity contribution in [3.8, 4) is 10.6 Å². The molecule has 0 aromatic carbocycles. The number of aromatic nitrogens is 4. The van der Waals surface area contributed by atoms with E-state index in [2.05, 4.69) is 36.4 Å². The van der Waals surface area contributed by atoms with Crippen LogP contribution in [0.5, 0.6) is 0 Å². The number of pyridine rings is 1. The highest BCUT2D eigenvalue weighted by atomic mass is 32.1. The van der Waals surface area contributed by atoms with E-state index in [1.165, 1.54) is 0 Å². The zero-order chi connectivity index (χ0) is 20.6. The number of aliphatic hydroxyl groups is 1. The molecule has 3 aromatic heterocycles. The Morgan fingerprint density at radius 1 is 1.21 bits per heavy atom. The number of nitrogens with one attached hydrogen (secondary N) is 2. The van der Waals surface area contributed by atoms with Gasteiger partial charge in [-0.3, -0.25) is 4.98 Å². The van der Waals surface area contributed by atoms with Crippen LogP contribution < -0.4 is 10.6 Å². The van der Waals surface area contributed by atoms with E-state index in [1.54, 1.807) is 23.7 Å². The van der Waals surface area contributed by atoms with E-state index in [0.29, 0.717) is 5.95 Å². The summed E-state index contributed by atoms with van der Waals surface area (Å²) in [4.78, 5) is 18.4. The third-order valence-corrected chi connectivity index (χ3v) is 6.13. The van der Waals surface area contributed by atoms with Crippen molar-refractivity contribution in [1.29, 1.82) is 0 Å². The Balaban J connectivity index is 1.75. The topological polar surface area (TPSA) is 95.9 Å². The molecule has 8 heteroatoms. The molecule has 7 nitrogen and oxygen atoms in total. The lowest BCUT2D eigenvalue weighted by Crippen LogP contribution is -2.29. The average Bonchev–Trinajstić information content (AvgIpc) is 3.25. The van der Waals surface area contributed by atoms with Gasteiger partial charge in [0.2, 0.25) is 5.95 Å². The van der Waals surface area contributed by atoms with Gasteiger partial charge in [0, 0.05) is 12.7 Å². The van der Waals surface area contributed by atoms with E-state index in [-0.39, 0.29) is 17.6 Å². The number of fused-ring (bicyclic) bond motifs is 1. The number of hydrogen-bond acceptors (Lipinski definition) is 8. The molecular formula is C21H28N6OS. The minimum Gasteiger partial charge on any atom is -0.391 e. The second-order valence-electron chi connectivity index (χ2n) is 8.88. The Hall–Kier alpha value is -2.32. The van der Waals surface area contributed by atoms with E-state index < -0.39 is 0 Å². The minimum atomic E-state index is -0.358. The van der Waals surface area contributed by atoms with Crippen molar-refractivity contribution in [2.24, 2.45) is 5.41 Å². The molecule has 0 radical (unpaired) electrons. The molecule has 2 atom stereocenters.